The number of benzene rings is 2. The van der Waals surface area contributed by atoms with Crippen LogP contribution in [0.15, 0.2) is 54.2 Å². The maximum Gasteiger partial charge on any atom is 0.338 e. The largest absolute Gasteiger partial charge is 0.462 e. The first-order valence-electron chi connectivity index (χ1n) is 8.16. The number of anilines is 2. The van der Waals surface area contributed by atoms with Crippen LogP contribution in [0.1, 0.15) is 22.8 Å². The number of hydrogen-bond acceptors (Lipinski definition) is 5. The Morgan fingerprint density at radius 2 is 1.93 bits per heavy atom. The van der Waals surface area contributed by atoms with E-state index in [1.165, 1.54) is 6.20 Å². The van der Waals surface area contributed by atoms with Gasteiger partial charge in [0.15, 0.2) is 0 Å². The van der Waals surface area contributed by atoms with Crippen LogP contribution in [-0.2, 0) is 9.53 Å². The standard InChI is InChI=1S/C20H18IN3O3/c1-3-27-20(26)14-4-7-17(8-5-14)24-19(25)15(11-22)12-23-18-9-6-16(21)10-13(18)2/h4-10,12,23H,3H2,1-2H3,(H,24,25)/b15-12-. The number of halogens is 1. The number of carbonyl (C=O) groups excluding carboxylic acids is 2. The molecule has 0 heterocycles. The number of carbonyl (C=O) groups is 2. The van der Waals surface area contributed by atoms with Crippen molar-refractivity contribution in [3.05, 3.63) is 68.9 Å². The molecule has 2 N–H and O–H groups in total. The SMILES string of the molecule is CCOC(=O)c1ccc(NC(=O)/C(C#N)=C\Nc2ccc(I)cc2C)cc1. The third-order valence-corrected chi connectivity index (χ3v) is 4.25. The third-order valence-electron chi connectivity index (χ3n) is 3.58. The summed E-state index contributed by atoms with van der Waals surface area (Å²) in [6.45, 7) is 3.96. The lowest BCUT2D eigenvalue weighted by molar-refractivity contribution is -0.112. The van der Waals surface area contributed by atoms with Gasteiger partial charge in [0.1, 0.15) is 11.6 Å². The topological polar surface area (TPSA) is 91.2 Å². The molecule has 0 aliphatic rings. The van der Waals surface area contributed by atoms with Gasteiger partial charge in [0.05, 0.1) is 12.2 Å². The number of rotatable bonds is 6. The smallest absolute Gasteiger partial charge is 0.338 e. The molecule has 2 aromatic rings. The van der Waals surface area contributed by atoms with E-state index < -0.39 is 11.9 Å². The molecular weight excluding hydrogens is 457 g/mol. The fourth-order valence-electron chi connectivity index (χ4n) is 2.19. The Morgan fingerprint density at radius 3 is 2.52 bits per heavy atom. The van der Waals surface area contributed by atoms with Crippen LogP contribution >= 0.6 is 22.6 Å². The minimum absolute atomic E-state index is 0.0672. The van der Waals surface area contributed by atoms with Gasteiger partial charge in [-0.1, -0.05) is 0 Å². The van der Waals surface area contributed by atoms with Crippen LogP contribution in [0.25, 0.3) is 0 Å². The number of nitrogens with one attached hydrogen (secondary N) is 2. The highest BCUT2D eigenvalue weighted by molar-refractivity contribution is 14.1. The Hall–Kier alpha value is -2.86. The molecule has 6 nitrogen and oxygen atoms in total. The average Bonchev–Trinajstić information content (AvgIpc) is 2.64. The normalized spacial score (nSPS) is 10.7. The lowest BCUT2D eigenvalue weighted by Crippen LogP contribution is -2.15. The fourth-order valence-corrected chi connectivity index (χ4v) is 2.84. The molecular formula is C20H18IN3O3. The second kappa shape index (κ2) is 9.73. The summed E-state index contributed by atoms with van der Waals surface area (Å²) >= 11 is 2.22. The molecule has 0 unspecified atom stereocenters. The molecule has 138 valence electrons. The number of nitrogens with zero attached hydrogens (tertiary/aromatic N) is 1. The average molecular weight is 475 g/mol. The van der Waals surface area contributed by atoms with Crippen molar-refractivity contribution < 1.29 is 14.3 Å². The zero-order valence-corrected chi connectivity index (χ0v) is 17.0. The summed E-state index contributed by atoms with van der Waals surface area (Å²) < 4.78 is 6.01. The van der Waals surface area contributed by atoms with Crippen LogP contribution in [-0.4, -0.2) is 18.5 Å². The molecule has 27 heavy (non-hydrogen) atoms. The summed E-state index contributed by atoms with van der Waals surface area (Å²) in [6, 6.07) is 14.0. The monoisotopic (exact) mass is 475 g/mol. The van der Waals surface area contributed by atoms with Gasteiger partial charge in [-0.25, -0.2) is 4.79 Å². The first kappa shape index (κ1) is 20.5. The summed E-state index contributed by atoms with van der Waals surface area (Å²) in [5, 5.41) is 14.9. The van der Waals surface area contributed by atoms with E-state index in [9.17, 15) is 14.9 Å². The molecule has 1 amide bonds. The fraction of sp³-hybridized carbons (Fsp3) is 0.150. The molecule has 0 bridgehead atoms. The summed E-state index contributed by atoms with van der Waals surface area (Å²) in [5.41, 5.74) is 2.61. The maximum atomic E-state index is 12.3. The van der Waals surface area contributed by atoms with Gasteiger partial charge >= 0.3 is 5.97 Å². The van der Waals surface area contributed by atoms with Crippen LogP contribution < -0.4 is 10.6 Å². The zero-order valence-electron chi connectivity index (χ0n) is 14.9. The first-order valence-corrected chi connectivity index (χ1v) is 9.24. The molecule has 0 aromatic heterocycles. The Labute approximate surface area is 171 Å². The van der Waals surface area contributed by atoms with Gasteiger partial charge < -0.3 is 15.4 Å². The van der Waals surface area contributed by atoms with Gasteiger partial charge in [0.25, 0.3) is 5.91 Å². The van der Waals surface area contributed by atoms with E-state index in [1.807, 2.05) is 31.2 Å². The minimum atomic E-state index is -0.544. The van der Waals surface area contributed by atoms with Gasteiger partial charge in [-0.05, 0) is 84.5 Å². The third kappa shape index (κ3) is 5.82. The highest BCUT2D eigenvalue weighted by Gasteiger charge is 2.11. The van der Waals surface area contributed by atoms with E-state index in [0.29, 0.717) is 17.9 Å². The first-order chi connectivity index (χ1) is 12.9. The molecule has 2 aromatic carbocycles. The Kier molecular flexibility index (Phi) is 7.37. The van der Waals surface area contributed by atoms with Crippen molar-refractivity contribution >= 4 is 45.8 Å². The molecule has 0 aliphatic carbocycles. The van der Waals surface area contributed by atoms with Crippen molar-refractivity contribution in [3.8, 4) is 6.07 Å². The molecule has 7 heteroatoms. The molecule has 0 fully saturated rings. The van der Waals surface area contributed by atoms with E-state index in [2.05, 4.69) is 33.2 Å². The van der Waals surface area contributed by atoms with E-state index in [1.54, 1.807) is 31.2 Å². The van der Waals surface area contributed by atoms with E-state index in [4.69, 9.17) is 4.74 Å². The highest BCUT2D eigenvalue weighted by Crippen LogP contribution is 2.18. The van der Waals surface area contributed by atoms with Crippen LogP contribution in [0.4, 0.5) is 11.4 Å². The summed E-state index contributed by atoms with van der Waals surface area (Å²) in [5.74, 6) is -0.970. The number of ether oxygens (including phenoxy) is 1. The number of nitriles is 1. The second-order valence-corrected chi connectivity index (χ2v) is 6.77. The summed E-state index contributed by atoms with van der Waals surface area (Å²) in [6.07, 6.45) is 1.37. The van der Waals surface area contributed by atoms with Crippen LogP contribution in [0, 0.1) is 21.8 Å². The molecule has 0 saturated heterocycles. The molecule has 0 spiro atoms. The molecule has 2 rings (SSSR count). The van der Waals surface area contributed by atoms with E-state index >= 15 is 0 Å². The lowest BCUT2D eigenvalue weighted by atomic mass is 10.2. The van der Waals surface area contributed by atoms with Crippen molar-refractivity contribution in [1.82, 2.24) is 0 Å². The molecule has 0 atom stereocenters. The van der Waals surface area contributed by atoms with Gasteiger partial charge in [-0.15, -0.1) is 0 Å². The highest BCUT2D eigenvalue weighted by atomic mass is 127. The van der Waals surface area contributed by atoms with Crippen molar-refractivity contribution in [2.75, 3.05) is 17.2 Å². The Balaban J connectivity index is 2.06. The van der Waals surface area contributed by atoms with Gasteiger partial charge in [0.2, 0.25) is 0 Å². The molecule has 0 aliphatic heterocycles. The van der Waals surface area contributed by atoms with Gasteiger partial charge in [-0.2, -0.15) is 5.26 Å². The Morgan fingerprint density at radius 1 is 1.22 bits per heavy atom. The number of amides is 1. The summed E-state index contributed by atoms with van der Waals surface area (Å²) in [7, 11) is 0. The quantitative estimate of drug-likeness (QED) is 0.283. The van der Waals surface area contributed by atoms with Crippen molar-refractivity contribution in [3.63, 3.8) is 0 Å². The zero-order chi connectivity index (χ0) is 19.8. The van der Waals surface area contributed by atoms with E-state index in [-0.39, 0.29) is 5.57 Å². The second-order valence-electron chi connectivity index (χ2n) is 5.53. The number of esters is 1. The van der Waals surface area contributed by atoms with Gasteiger partial charge in [0, 0.05) is 21.1 Å². The number of hydrogen-bond donors (Lipinski definition) is 2. The summed E-state index contributed by atoms with van der Waals surface area (Å²) in [4.78, 5) is 23.9. The van der Waals surface area contributed by atoms with E-state index in [0.717, 1.165) is 14.8 Å². The van der Waals surface area contributed by atoms with Crippen molar-refractivity contribution in [1.29, 1.82) is 5.26 Å². The van der Waals surface area contributed by atoms with Gasteiger partial charge in [-0.3, -0.25) is 4.79 Å². The predicted molar refractivity (Wildman–Crippen MR) is 112 cm³/mol. The predicted octanol–water partition coefficient (Wildman–Crippen LogP) is 4.23. The number of aryl methyl sites for hydroxylation is 1. The van der Waals surface area contributed by atoms with Crippen LogP contribution in [0.2, 0.25) is 0 Å². The van der Waals surface area contributed by atoms with Crippen molar-refractivity contribution in [2.45, 2.75) is 13.8 Å². The maximum absolute atomic E-state index is 12.3. The molecule has 0 radical (unpaired) electrons. The molecule has 0 saturated carbocycles. The Bertz CT molecular complexity index is 915. The van der Waals surface area contributed by atoms with Crippen LogP contribution in [0.5, 0.6) is 0 Å². The minimum Gasteiger partial charge on any atom is -0.462 e. The van der Waals surface area contributed by atoms with Crippen molar-refractivity contribution in [2.24, 2.45) is 0 Å². The van der Waals surface area contributed by atoms with Crippen LogP contribution in [0.3, 0.4) is 0 Å². The lowest BCUT2D eigenvalue weighted by Gasteiger charge is -2.08.